The number of rotatable bonds is 4. The number of halogens is 5. The van der Waals surface area contributed by atoms with Crippen molar-refractivity contribution in [3.63, 3.8) is 0 Å². The SMILES string of the molecule is CC(/C=C\c1ccccc1)=N\Nc1c(F)c(F)c(F)c(F)c1F. The number of anilines is 1. The second kappa shape index (κ2) is 7.04. The molecule has 2 rings (SSSR count). The van der Waals surface area contributed by atoms with Gasteiger partial charge < -0.3 is 0 Å². The molecular weight excluding hydrogens is 315 g/mol. The molecule has 2 aromatic rings. The van der Waals surface area contributed by atoms with E-state index < -0.39 is 34.8 Å². The van der Waals surface area contributed by atoms with E-state index in [2.05, 4.69) is 5.10 Å². The molecule has 0 aliphatic carbocycles. The summed E-state index contributed by atoms with van der Waals surface area (Å²) in [5, 5.41) is 3.59. The maximum Gasteiger partial charge on any atom is 0.200 e. The summed E-state index contributed by atoms with van der Waals surface area (Å²) in [6.07, 6.45) is 3.20. The maximum atomic E-state index is 13.4. The smallest absolute Gasteiger partial charge is 0.200 e. The Morgan fingerprint density at radius 3 is 1.96 bits per heavy atom. The summed E-state index contributed by atoms with van der Waals surface area (Å²) in [6.45, 7) is 1.50. The van der Waals surface area contributed by atoms with Crippen molar-refractivity contribution in [3.05, 3.63) is 71.1 Å². The first kappa shape index (κ1) is 16.7. The Kier molecular flexibility index (Phi) is 5.10. The van der Waals surface area contributed by atoms with Crippen LogP contribution in [0.25, 0.3) is 6.08 Å². The predicted molar refractivity (Wildman–Crippen MR) is 78.4 cm³/mol. The Morgan fingerprint density at radius 2 is 1.39 bits per heavy atom. The van der Waals surface area contributed by atoms with Crippen molar-refractivity contribution >= 4 is 17.5 Å². The molecular formula is C16H11F5N2. The van der Waals surface area contributed by atoms with Crippen LogP contribution in [0.3, 0.4) is 0 Å². The molecule has 0 saturated carbocycles. The Morgan fingerprint density at radius 1 is 0.870 bits per heavy atom. The first-order valence-electron chi connectivity index (χ1n) is 6.46. The molecule has 23 heavy (non-hydrogen) atoms. The van der Waals surface area contributed by atoms with Gasteiger partial charge in [0.2, 0.25) is 5.82 Å². The number of hydrogen-bond acceptors (Lipinski definition) is 2. The van der Waals surface area contributed by atoms with Crippen LogP contribution in [0.4, 0.5) is 27.6 Å². The molecule has 0 bridgehead atoms. The number of benzene rings is 2. The summed E-state index contributed by atoms with van der Waals surface area (Å²) in [5.74, 6) is -10.2. The lowest BCUT2D eigenvalue weighted by atomic mass is 10.2. The largest absolute Gasteiger partial charge is 0.272 e. The van der Waals surface area contributed by atoms with E-state index in [1.165, 1.54) is 13.0 Å². The van der Waals surface area contributed by atoms with Crippen molar-refractivity contribution in [1.29, 1.82) is 0 Å². The van der Waals surface area contributed by atoms with Crippen LogP contribution in [0.15, 0.2) is 41.5 Å². The molecule has 1 N–H and O–H groups in total. The highest BCUT2D eigenvalue weighted by Gasteiger charge is 2.25. The van der Waals surface area contributed by atoms with Gasteiger partial charge >= 0.3 is 0 Å². The molecule has 0 aliphatic heterocycles. The first-order chi connectivity index (χ1) is 10.9. The predicted octanol–water partition coefficient (Wildman–Crippen LogP) is 4.88. The van der Waals surface area contributed by atoms with E-state index in [4.69, 9.17) is 0 Å². The zero-order chi connectivity index (χ0) is 17.0. The highest BCUT2D eigenvalue weighted by molar-refractivity contribution is 5.96. The third kappa shape index (κ3) is 3.74. The molecule has 2 aromatic carbocycles. The minimum absolute atomic E-state index is 0.276. The van der Waals surface area contributed by atoms with Crippen molar-refractivity contribution in [2.75, 3.05) is 5.43 Å². The van der Waals surface area contributed by atoms with Crippen LogP contribution in [-0.2, 0) is 0 Å². The number of hydrogen-bond donors (Lipinski definition) is 1. The molecule has 2 nitrogen and oxygen atoms in total. The Bertz CT molecular complexity index is 741. The van der Waals surface area contributed by atoms with Gasteiger partial charge in [-0.15, -0.1) is 0 Å². The van der Waals surface area contributed by atoms with Gasteiger partial charge in [0.15, 0.2) is 23.3 Å². The molecule has 0 unspecified atom stereocenters. The zero-order valence-electron chi connectivity index (χ0n) is 11.9. The molecule has 0 fully saturated rings. The van der Waals surface area contributed by atoms with E-state index in [-0.39, 0.29) is 5.71 Å². The molecule has 0 saturated heterocycles. The van der Waals surface area contributed by atoms with Gasteiger partial charge in [0.05, 0.1) is 5.71 Å². The molecule has 0 amide bonds. The van der Waals surface area contributed by atoms with Gasteiger partial charge in [0.1, 0.15) is 5.69 Å². The number of hydrazone groups is 1. The summed E-state index contributed by atoms with van der Waals surface area (Å²) in [7, 11) is 0. The third-order valence-electron chi connectivity index (χ3n) is 2.87. The van der Waals surface area contributed by atoms with E-state index in [0.29, 0.717) is 0 Å². The van der Waals surface area contributed by atoms with E-state index in [1.807, 2.05) is 35.8 Å². The summed E-state index contributed by atoms with van der Waals surface area (Å²) < 4.78 is 65.8. The molecule has 7 heteroatoms. The Hall–Kier alpha value is -2.70. The molecule has 120 valence electrons. The average molecular weight is 326 g/mol. The Balaban J connectivity index is 2.21. The molecule has 0 spiro atoms. The molecule has 0 aromatic heterocycles. The van der Waals surface area contributed by atoms with Crippen LogP contribution in [0.5, 0.6) is 0 Å². The molecule has 0 radical (unpaired) electrons. The monoisotopic (exact) mass is 326 g/mol. The number of nitrogens with one attached hydrogen (secondary N) is 1. The van der Waals surface area contributed by atoms with Gasteiger partial charge in [0, 0.05) is 0 Å². The van der Waals surface area contributed by atoms with Crippen molar-refractivity contribution in [3.8, 4) is 0 Å². The molecule has 0 atom stereocenters. The van der Waals surface area contributed by atoms with Gasteiger partial charge in [-0.25, -0.2) is 22.0 Å². The highest BCUT2D eigenvalue weighted by atomic mass is 19.2. The van der Waals surface area contributed by atoms with Crippen LogP contribution in [0.1, 0.15) is 12.5 Å². The van der Waals surface area contributed by atoms with Gasteiger partial charge in [-0.3, -0.25) is 5.43 Å². The molecule has 0 aliphatic rings. The van der Waals surface area contributed by atoms with E-state index in [1.54, 1.807) is 6.08 Å². The van der Waals surface area contributed by atoms with Crippen LogP contribution < -0.4 is 5.43 Å². The van der Waals surface area contributed by atoms with Crippen molar-refractivity contribution in [1.82, 2.24) is 0 Å². The van der Waals surface area contributed by atoms with Gasteiger partial charge in [-0.1, -0.05) is 36.4 Å². The standard InChI is InChI=1S/C16H11F5N2/c1-9(7-8-10-5-3-2-4-6-10)22-23-16-14(20)12(18)11(17)13(19)15(16)21/h2-8,23H,1H3/b8-7-,22-9+. The van der Waals surface area contributed by atoms with Crippen molar-refractivity contribution in [2.45, 2.75) is 6.92 Å². The normalized spacial score (nSPS) is 12.0. The minimum Gasteiger partial charge on any atom is -0.272 e. The second-order valence-electron chi connectivity index (χ2n) is 4.55. The van der Waals surface area contributed by atoms with Crippen LogP contribution in [-0.4, -0.2) is 5.71 Å². The lowest BCUT2D eigenvalue weighted by molar-refractivity contribution is 0.381. The topological polar surface area (TPSA) is 24.4 Å². The Labute approximate surface area is 129 Å². The van der Waals surface area contributed by atoms with E-state index in [9.17, 15) is 22.0 Å². The summed E-state index contributed by atoms with van der Waals surface area (Å²) in [4.78, 5) is 0. The van der Waals surface area contributed by atoms with E-state index in [0.717, 1.165) is 5.56 Å². The van der Waals surface area contributed by atoms with E-state index >= 15 is 0 Å². The maximum absolute atomic E-state index is 13.4. The lowest BCUT2D eigenvalue weighted by Crippen LogP contribution is -2.07. The number of allylic oxidation sites excluding steroid dienone is 1. The second-order valence-corrected chi connectivity index (χ2v) is 4.55. The fourth-order valence-corrected chi connectivity index (χ4v) is 1.67. The summed E-state index contributed by atoms with van der Waals surface area (Å²) >= 11 is 0. The van der Waals surface area contributed by atoms with Gasteiger partial charge in [-0.05, 0) is 18.6 Å². The van der Waals surface area contributed by atoms with Crippen LogP contribution >= 0.6 is 0 Å². The van der Waals surface area contributed by atoms with Gasteiger partial charge in [0.25, 0.3) is 0 Å². The van der Waals surface area contributed by atoms with Crippen LogP contribution in [0, 0.1) is 29.1 Å². The summed E-state index contributed by atoms with van der Waals surface area (Å²) in [5.41, 5.74) is 1.80. The van der Waals surface area contributed by atoms with Gasteiger partial charge in [-0.2, -0.15) is 5.10 Å². The third-order valence-corrected chi connectivity index (χ3v) is 2.87. The lowest BCUT2D eigenvalue weighted by Gasteiger charge is -2.07. The summed E-state index contributed by atoms with van der Waals surface area (Å²) in [6, 6.07) is 9.12. The van der Waals surface area contributed by atoms with Crippen molar-refractivity contribution < 1.29 is 22.0 Å². The fraction of sp³-hybridized carbons (Fsp3) is 0.0625. The first-order valence-corrected chi connectivity index (χ1v) is 6.46. The number of nitrogens with zero attached hydrogens (tertiary/aromatic N) is 1. The van der Waals surface area contributed by atoms with Crippen molar-refractivity contribution in [2.24, 2.45) is 5.10 Å². The minimum atomic E-state index is -2.21. The average Bonchev–Trinajstić information content (AvgIpc) is 2.57. The zero-order valence-corrected chi connectivity index (χ0v) is 11.9. The highest BCUT2D eigenvalue weighted by Crippen LogP contribution is 2.27. The quantitative estimate of drug-likeness (QED) is 0.280. The fourth-order valence-electron chi connectivity index (χ4n) is 1.67. The van der Waals surface area contributed by atoms with Crippen LogP contribution in [0.2, 0.25) is 0 Å². The molecule has 0 heterocycles.